The quantitative estimate of drug-likeness (QED) is 0.556. The Kier molecular flexibility index (Phi) is 6.09. The van der Waals surface area contributed by atoms with E-state index in [4.69, 9.17) is 27.9 Å². The van der Waals surface area contributed by atoms with E-state index in [2.05, 4.69) is 5.32 Å². The number of halogens is 2. The molecule has 1 heterocycles. The van der Waals surface area contributed by atoms with Gasteiger partial charge in [-0.15, -0.1) is 0 Å². The summed E-state index contributed by atoms with van der Waals surface area (Å²) >= 11 is 11.8. The van der Waals surface area contributed by atoms with Crippen LogP contribution in [0.15, 0.2) is 71.6 Å². The van der Waals surface area contributed by atoms with Crippen molar-refractivity contribution in [1.29, 1.82) is 0 Å². The molecule has 0 saturated carbocycles. The van der Waals surface area contributed by atoms with Crippen LogP contribution >= 0.6 is 23.2 Å². The summed E-state index contributed by atoms with van der Waals surface area (Å²) in [7, 11) is -3.68. The fourth-order valence-electron chi connectivity index (χ4n) is 3.33. The van der Waals surface area contributed by atoms with Crippen molar-refractivity contribution < 1.29 is 17.9 Å². The lowest BCUT2D eigenvalue weighted by molar-refractivity contribution is -0.118. The van der Waals surface area contributed by atoms with Gasteiger partial charge in [0.25, 0.3) is 15.9 Å². The van der Waals surface area contributed by atoms with Crippen molar-refractivity contribution in [3.63, 3.8) is 0 Å². The Hall–Kier alpha value is -2.74. The molecule has 0 aromatic heterocycles. The molecule has 1 aliphatic heterocycles. The van der Waals surface area contributed by atoms with E-state index in [0.29, 0.717) is 40.1 Å². The molecule has 3 aromatic carbocycles. The maximum Gasteiger partial charge on any atom is 0.264 e. The number of hydrogen-bond acceptors (Lipinski definition) is 4. The lowest BCUT2D eigenvalue weighted by Gasteiger charge is -2.19. The molecule has 0 radical (unpaired) electrons. The van der Waals surface area contributed by atoms with Crippen molar-refractivity contribution in [2.75, 3.05) is 22.8 Å². The molecule has 0 fully saturated rings. The number of anilines is 2. The first-order valence-electron chi connectivity index (χ1n) is 9.43. The maximum absolute atomic E-state index is 13.0. The number of benzene rings is 3. The third kappa shape index (κ3) is 4.63. The third-order valence-corrected chi connectivity index (χ3v) is 7.18. The molecule has 0 spiro atoms. The number of hydrogen-bond donors (Lipinski definition) is 1. The first-order chi connectivity index (χ1) is 14.8. The second kappa shape index (κ2) is 8.78. The number of rotatable bonds is 6. The highest BCUT2D eigenvalue weighted by Gasteiger charge is 2.30. The summed E-state index contributed by atoms with van der Waals surface area (Å²) in [6.07, 6.45) is 0.682. The van der Waals surface area contributed by atoms with Crippen LogP contribution < -0.4 is 14.4 Å². The van der Waals surface area contributed by atoms with Crippen LogP contribution in [0.5, 0.6) is 5.75 Å². The summed E-state index contributed by atoms with van der Waals surface area (Å²) in [5.74, 6) is -0.0661. The lowest BCUT2D eigenvalue weighted by Crippen LogP contribution is -2.29. The molecule has 3 aromatic rings. The monoisotopic (exact) mass is 476 g/mol. The number of ether oxygens (including phenoxy) is 1. The van der Waals surface area contributed by atoms with Crippen LogP contribution in [0, 0.1) is 0 Å². The van der Waals surface area contributed by atoms with Crippen molar-refractivity contribution in [3.8, 4) is 5.75 Å². The summed E-state index contributed by atoms with van der Waals surface area (Å²) in [5, 5.41) is 3.44. The summed E-state index contributed by atoms with van der Waals surface area (Å²) in [6.45, 7) is 0.150. The van der Waals surface area contributed by atoms with Crippen LogP contribution in [-0.4, -0.2) is 27.5 Å². The molecular weight excluding hydrogens is 459 g/mol. The normalized spacial score (nSPS) is 13.0. The Labute approximate surface area is 190 Å². The molecule has 1 aliphatic rings. The summed E-state index contributed by atoms with van der Waals surface area (Å²) < 4.78 is 32.9. The number of nitrogens with zero attached hydrogens (tertiary/aromatic N) is 1. The fraction of sp³-hybridized carbons (Fsp3) is 0.136. The molecule has 4 rings (SSSR count). The maximum atomic E-state index is 13.0. The topological polar surface area (TPSA) is 75.7 Å². The summed E-state index contributed by atoms with van der Waals surface area (Å²) in [5.41, 5.74) is 2.17. The molecule has 0 saturated heterocycles. The molecule has 31 heavy (non-hydrogen) atoms. The van der Waals surface area contributed by atoms with Gasteiger partial charge in [0, 0.05) is 17.3 Å². The van der Waals surface area contributed by atoms with E-state index in [-0.39, 0.29) is 11.5 Å². The van der Waals surface area contributed by atoms with Gasteiger partial charge in [-0.3, -0.25) is 9.10 Å². The van der Waals surface area contributed by atoms with Crippen LogP contribution in [0.4, 0.5) is 11.4 Å². The number of nitrogens with one attached hydrogen (secondary N) is 1. The van der Waals surface area contributed by atoms with Crippen LogP contribution in [0.3, 0.4) is 0 Å². The largest absolute Gasteiger partial charge is 0.482 e. The van der Waals surface area contributed by atoms with Gasteiger partial charge in [-0.2, -0.15) is 0 Å². The van der Waals surface area contributed by atoms with Crippen molar-refractivity contribution in [2.24, 2.45) is 0 Å². The number of amides is 1. The number of sulfonamides is 1. The summed E-state index contributed by atoms with van der Waals surface area (Å²) in [6, 6.07) is 18.2. The van der Waals surface area contributed by atoms with Crippen molar-refractivity contribution in [3.05, 3.63) is 82.3 Å². The Morgan fingerprint density at radius 1 is 1.03 bits per heavy atom. The fourth-order valence-corrected chi connectivity index (χ4v) is 5.29. The highest BCUT2D eigenvalue weighted by molar-refractivity contribution is 7.92. The average Bonchev–Trinajstić information content (AvgIpc) is 3.18. The second-order valence-corrected chi connectivity index (χ2v) is 9.60. The Bertz CT molecular complexity index is 1230. The minimum Gasteiger partial charge on any atom is -0.482 e. The van der Waals surface area contributed by atoms with Crippen molar-refractivity contribution in [1.82, 2.24) is 0 Å². The SMILES string of the molecule is O=C(COc1ccc(Cl)cc1Cl)Nc1ccc(S(=O)(=O)N2CCc3ccccc32)cc1. The molecule has 160 valence electrons. The van der Waals surface area contributed by atoms with Gasteiger partial charge in [0.05, 0.1) is 15.6 Å². The van der Waals surface area contributed by atoms with E-state index in [0.717, 1.165) is 5.56 Å². The average molecular weight is 477 g/mol. The molecule has 6 nitrogen and oxygen atoms in total. The number of carbonyl (C=O) groups excluding carboxylic acids is 1. The summed E-state index contributed by atoms with van der Waals surface area (Å²) in [4.78, 5) is 12.3. The van der Waals surface area contributed by atoms with E-state index < -0.39 is 15.9 Å². The van der Waals surface area contributed by atoms with Gasteiger partial charge in [0.15, 0.2) is 6.61 Å². The highest BCUT2D eigenvalue weighted by Crippen LogP contribution is 2.33. The second-order valence-electron chi connectivity index (χ2n) is 6.89. The molecule has 1 N–H and O–H groups in total. The van der Waals surface area contributed by atoms with E-state index in [1.807, 2.05) is 18.2 Å². The molecule has 1 amide bonds. The van der Waals surface area contributed by atoms with Gasteiger partial charge < -0.3 is 10.1 Å². The van der Waals surface area contributed by atoms with Gasteiger partial charge in [-0.1, -0.05) is 41.4 Å². The van der Waals surface area contributed by atoms with Crippen LogP contribution in [-0.2, 0) is 21.2 Å². The molecule has 0 bridgehead atoms. The predicted molar refractivity (Wildman–Crippen MR) is 122 cm³/mol. The van der Waals surface area contributed by atoms with Gasteiger partial charge >= 0.3 is 0 Å². The minimum absolute atomic E-state index is 0.159. The highest BCUT2D eigenvalue weighted by atomic mass is 35.5. The molecule has 0 unspecified atom stereocenters. The van der Waals surface area contributed by atoms with Gasteiger partial charge in [0.2, 0.25) is 0 Å². The molecular formula is C22H18Cl2N2O4S. The molecule has 0 aliphatic carbocycles. The van der Waals surface area contributed by atoms with Crippen molar-refractivity contribution in [2.45, 2.75) is 11.3 Å². The Morgan fingerprint density at radius 2 is 1.77 bits per heavy atom. The van der Waals surface area contributed by atoms with Crippen molar-refractivity contribution >= 4 is 50.5 Å². The lowest BCUT2D eigenvalue weighted by atomic mass is 10.2. The van der Waals surface area contributed by atoms with E-state index >= 15 is 0 Å². The Morgan fingerprint density at radius 3 is 2.52 bits per heavy atom. The van der Waals surface area contributed by atoms with Crippen LogP contribution in [0.2, 0.25) is 10.0 Å². The zero-order chi connectivity index (χ0) is 22.0. The zero-order valence-electron chi connectivity index (χ0n) is 16.2. The Balaban J connectivity index is 1.40. The van der Waals surface area contributed by atoms with Crippen LogP contribution in [0.1, 0.15) is 5.56 Å². The van der Waals surface area contributed by atoms with Gasteiger partial charge in [0.1, 0.15) is 5.75 Å². The first kappa shape index (κ1) is 21.5. The predicted octanol–water partition coefficient (Wildman–Crippen LogP) is 4.76. The first-order valence-corrected chi connectivity index (χ1v) is 11.6. The van der Waals surface area contributed by atoms with Crippen LogP contribution in [0.25, 0.3) is 0 Å². The minimum atomic E-state index is -3.68. The van der Waals surface area contributed by atoms with E-state index in [9.17, 15) is 13.2 Å². The smallest absolute Gasteiger partial charge is 0.264 e. The molecule has 0 atom stereocenters. The zero-order valence-corrected chi connectivity index (χ0v) is 18.5. The molecule has 9 heteroatoms. The van der Waals surface area contributed by atoms with E-state index in [1.54, 1.807) is 30.3 Å². The third-order valence-electron chi connectivity index (χ3n) is 4.82. The number of carbonyl (C=O) groups is 1. The number of para-hydroxylation sites is 1. The van der Waals surface area contributed by atoms with E-state index in [1.165, 1.54) is 22.5 Å². The standard InChI is InChI=1S/C22H18Cl2N2O4S/c23-16-5-10-21(19(24)13-16)30-14-22(27)25-17-6-8-18(9-7-17)31(28,29)26-12-11-15-3-1-2-4-20(15)26/h1-10,13H,11-12,14H2,(H,25,27). The van der Waals surface area contributed by atoms with Gasteiger partial charge in [-0.05, 0) is 60.5 Å². The number of fused-ring (bicyclic) bond motifs is 1. The van der Waals surface area contributed by atoms with Gasteiger partial charge in [-0.25, -0.2) is 8.42 Å².